The quantitative estimate of drug-likeness (QED) is 0.843. The second-order valence-electron chi connectivity index (χ2n) is 4.96. The summed E-state index contributed by atoms with van der Waals surface area (Å²) in [5.41, 5.74) is 1.37. The molecule has 0 aromatic heterocycles. The van der Waals surface area contributed by atoms with Crippen LogP contribution < -0.4 is 0 Å². The Balaban J connectivity index is 1.63. The van der Waals surface area contributed by atoms with Crippen molar-refractivity contribution in [2.24, 2.45) is 5.92 Å². The minimum Gasteiger partial charge on any atom is -0.390 e. The van der Waals surface area contributed by atoms with Crippen molar-refractivity contribution in [2.75, 3.05) is 6.61 Å². The molecule has 0 radical (unpaired) electrons. The molecule has 1 saturated heterocycles. The maximum atomic E-state index is 10.2. The van der Waals surface area contributed by atoms with E-state index in [1.165, 1.54) is 5.56 Å². The van der Waals surface area contributed by atoms with Crippen molar-refractivity contribution in [3.8, 4) is 0 Å². The standard InChI is InChI=1S/C14H18O2/c15-14(13-7-4-8-16-13)12-9-11(12)10-5-2-1-3-6-10/h1-3,5-6,11-15H,4,7-9H2. The minimum atomic E-state index is -0.257. The van der Waals surface area contributed by atoms with E-state index in [9.17, 15) is 5.11 Å². The maximum Gasteiger partial charge on any atom is 0.0837 e. The summed E-state index contributed by atoms with van der Waals surface area (Å²) in [6, 6.07) is 10.5. The minimum absolute atomic E-state index is 0.0960. The fourth-order valence-electron chi connectivity index (χ4n) is 2.82. The number of rotatable bonds is 3. The Morgan fingerprint density at radius 2 is 2.06 bits per heavy atom. The molecule has 0 spiro atoms. The van der Waals surface area contributed by atoms with Crippen molar-refractivity contribution in [3.63, 3.8) is 0 Å². The van der Waals surface area contributed by atoms with E-state index in [2.05, 4.69) is 24.3 Å². The molecule has 1 saturated carbocycles. The average Bonchev–Trinajstić information content (AvgIpc) is 2.95. The van der Waals surface area contributed by atoms with Gasteiger partial charge in [-0.25, -0.2) is 0 Å². The van der Waals surface area contributed by atoms with Crippen LogP contribution in [0, 0.1) is 5.92 Å². The van der Waals surface area contributed by atoms with Gasteiger partial charge in [0.1, 0.15) is 0 Å². The molecule has 16 heavy (non-hydrogen) atoms. The molecule has 2 nitrogen and oxygen atoms in total. The normalized spacial score (nSPS) is 34.9. The van der Waals surface area contributed by atoms with E-state index in [-0.39, 0.29) is 12.2 Å². The Bertz CT molecular complexity index is 343. The van der Waals surface area contributed by atoms with E-state index < -0.39 is 0 Å². The van der Waals surface area contributed by atoms with Crippen LogP contribution in [0.4, 0.5) is 0 Å². The fraction of sp³-hybridized carbons (Fsp3) is 0.571. The largest absolute Gasteiger partial charge is 0.390 e. The highest BCUT2D eigenvalue weighted by Crippen LogP contribution is 2.50. The van der Waals surface area contributed by atoms with Gasteiger partial charge < -0.3 is 9.84 Å². The predicted octanol–water partition coefficient (Wildman–Crippen LogP) is 2.33. The number of hydrogen-bond acceptors (Lipinski definition) is 2. The first kappa shape index (κ1) is 10.3. The maximum absolute atomic E-state index is 10.2. The van der Waals surface area contributed by atoms with Gasteiger partial charge in [0.15, 0.2) is 0 Å². The molecular weight excluding hydrogens is 200 g/mol. The Labute approximate surface area is 96.2 Å². The zero-order valence-electron chi connectivity index (χ0n) is 9.38. The van der Waals surface area contributed by atoms with E-state index in [1.54, 1.807) is 0 Å². The Kier molecular flexibility index (Phi) is 2.70. The summed E-state index contributed by atoms with van der Waals surface area (Å²) in [7, 11) is 0. The lowest BCUT2D eigenvalue weighted by Gasteiger charge is -2.17. The molecule has 4 unspecified atom stereocenters. The molecule has 2 fully saturated rings. The lowest BCUT2D eigenvalue weighted by Crippen LogP contribution is -2.27. The van der Waals surface area contributed by atoms with Crippen LogP contribution in [-0.2, 0) is 4.74 Å². The van der Waals surface area contributed by atoms with Gasteiger partial charge >= 0.3 is 0 Å². The Morgan fingerprint density at radius 1 is 1.25 bits per heavy atom. The summed E-state index contributed by atoms with van der Waals surface area (Å²) in [5.74, 6) is 0.978. The van der Waals surface area contributed by atoms with E-state index >= 15 is 0 Å². The average molecular weight is 218 g/mol. The zero-order valence-corrected chi connectivity index (χ0v) is 9.38. The summed E-state index contributed by atoms with van der Waals surface area (Å²) >= 11 is 0. The summed E-state index contributed by atoms with van der Waals surface area (Å²) in [4.78, 5) is 0. The molecule has 0 bridgehead atoms. The lowest BCUT2D eigenvalue weighted by molar-refractivity contribution is -0.0134. The van der Waals surface area contributed by atoms with Crippen molar-refractivity contribution in [1.82, 2.24) is 0 Å². The third kappa shape index (κ3) is 1.87. The van der Waals surface area contributed by atoms with E-state index in [4.69, 9.17) is 4.74 Å². The second kappa shape index (κ2) is 4.19. The van der Waals surface area contributed by atoms with E-state index in [0.29, 0.717) is 11.8 Å². The first-order chi connectivity index (χ1) is 7.86. The highest BCUT2D eigenvalue weighted by molar-refractivity contribution is 5.26. The summed E-state index contributed by atoms with van der Waals surface area (Å²) in [5, 5.41) is 10.2. The number of ether oxygens (including phenoxy) is 1. The van der Waals surface area contributed by atoms with Crippen LogP contribution in [0.15, 0.2) is 30.3 Å². The van der Waals surface area contributed by atoms with Crippen LogP contribution in [-0.4, -0.2) is 23.9 Å². The molecule has 86 valence electrons. The highest BCUT2D eigenvalue weighted by atomic mass is 16.5. The van der Waals surface area contributed by atoms with Crippen LogP contribution in [0.2, 0.25) is 0 Å². The molecule has 3 rings (SSSR count). The molecule has 1 aromatic rings. The third-order valence-corrected chi connectivity index (χ3v) is 3.85. The monoisotopic (exact) mass is 218 g/mol. The lowest BCUT2D eigenvalue weighted by atomic mass is 10.0. The van der Waals surface area contributed by atoms with Crippen molar-refractivity contribution in [2.45, 2.75) is 37.4 Å². The molecule has 2 heteroatoms. The van der Waals surface area contributed by atoms with E-state index in [0.717, 1.165) is 25.9 Å². The van der Waals surface area contributed by atoms with Crippen LogP contribution in [0.3, 0.4) is 0 Å². The SMILES string of the molecule is OC(C1CCCO1)C1CC1c1ccccc1. The van der Waals surface area contributed by atoms with Crippen LogP contribution in [0.5, 0.6) is 0 Å². The van der Waals surface area contributed by atoms with Gasteiger partial charge in [-0.15, -0.1) is 0 Å². The smallest absolute Gasteiger partial charge is 0.0837 e. The number of benzene rings is 1. The van der Waals surface area contributed by atoms with Gasteiger partial charge in [0.25, 0.3) is 0 Å². The van der Waals surface area contributed by atoms with Gasteiger partial charge in [-0.05, 0) is 36.7 Å². The molecule has 1 aliphatic carbocycles. The van der Waals surface area contributed by atoms with Crippen molar-refractivity contribution < 1.29 is 9.84 Å². The number of hydrogen-bond donors (Lipinski definition) is 1. The predicted molar refractivity (Wildman–Crippen MR) is 62.3 cm³/mol. The van der Waals surface area contributed by atoms with Gasteiger partial charge in [0, 0.05) is 6.61 Å². The Hall–Kier alpha value is -0.860. The molecule has 1 heterocycles. The summed E-state index contributed by atoms with van der Waals surface area (Å²) in [6.07, 6.45) is 3.08. The van der Waals surface area contributed by atoms with Crippen molar-refractivity contribution in [1.29, 1.82) is 0 Å². The molecular formula is C14H18O2. The molecule has 0 amide bonds. The van der Waals surface area contributed by atoms with Gasteiger partial charge in [-0.3, -0.25) is 0 Å². The van der Waals surface area contributed by atoms with Crippen molar-refractivity contribution in [3.05, 3.63) is 35.9 Å². The second-order valence-corrected chi connectivity index (χ2v) is 4.96. The molecule has 4 atom stereocenters. The third-order valence-electron chi connectivity index (χ3n) is 3.85. The fourth-order valence-corrected chi connectivity index (χ4v) is 2.82. The van der Waals surface area contributed by atoms with Gasteiger partial charge in [0.05, 0.1) is 12.2 Å². The van der Waals surface area contributed by atoms with Gasteiger partial charge in [-0.2, -0.15) is 0 Å². The molecule has 2 aliphatic rings. The van der Waals surface area contributed by atoms with Crippen LogP contribution in [0.1, 0.15) is 30.7 Å². The first-order valence-corrected chi connectivity index (χ1v) is 6.21. The van der Waals surface area contributed by atoms with Crippen LogP contribution >= 0.6 is 0 Å². The van der Waals surface area contributed by atoms with Gasteiger partial charge in [0.2, 0.25) is 0 Å². The van der Waals surface area contributed by atoms with Crippen molar-refractivity contribution >= 4 is 0 Å². The first-order valence-electron chi connectivity index (χ1n) is 6.21. The summed E-state index contributed by atoms with van der Waals surface area (Å²) in [6.45, 7) is 0.824. The molecule has 1 aliphatic heterocycles. The Morgan fingerprint density at radius 3 is 2.75 bits per heavy atom. The zero-order chi connectivity index (χ0) is 11.0. The molecule has 1 N–H and O–H groups in total. The topological polar surface area (TPSA) is 29.5 Å². The van der Waals surface area contributed by atoms with E-state index in [1.807, 2.05) is 6.07 Å². The molecule has 1 aromatic carbocycles. The highest BCUT2D eigenvalue weighted by Gasteiger charge is 2.46. The number of aliphatic hydroxyl groups is 1. The van der Waals surface area contributed by atoms with Gasteiger partial charge in [-0.1, -0.05) is 30.3 Å². The number of aliphatic hydroxyl groups excluding tert-OH is 1. The van der Waals surface area contributed by atoms with Crippen LogP contribution in [0.25, 0.3) is 0 Å². The summed E-state index contributed by atoms with van der Waals surface area (Å²) < 4.78 is 5.55.